The van der Waals surface area contributed by atoms with Crippen molar-refractivity contribution in [3.05, 3.63) is 180 Å². The fraction of sp³-hybridized carbons (Fsp3) is 0. The Morgan fingerprint density at radius 1 is 0.477 bits per heavy atom. The molecule has 208 valence electrons. The Labute approximate surface area is 257 Å². The summed E-state index contributed by atoms with van der Waals surface area (Å²) in [4.78, 5) is 5.08. The highest BCUT2D eigenvalue weighted by Gasteiger charge is 2.33. The smallest absolute Gasteiger partial charge is 0.137 e. The Morgan fingerprint density at radius 2 is 0.886 bits per heavy atom. The molecule has 0 bridgehead atoms. The van der Waals surface area contributed by atoms with Gasteiger partial charge in [0.15, 0.2) is 0 Å². The quantitative estimate of drug-likeness (QED) is 0.184. The monoisotopic (exact) mass is 582 g/mol. The molecular formula is C39H27N4P. The van der Waals surface area contributed by atoms with Crippen LogP contribution in [0.2, 0.25) is 0 Å². The maximum atomic E-state index is 10.8. The van der Waals surface area contributed by atoms with Gasteiger partial charge in [-0.3, -0.25) is 0 Å². The number of allylic oxidation sites excluding steroid dienone is 1. The highest BCUT2D eigenvalue weighted by atomic mass is 31.2. The molecule has 1 aliphatic rings. The summed E-state index contributed by atoms with van der Waals surface area (Å²) in [5.74, 6) is 0. The molecule has 0 radical (unpaired) electrons. The summed E-state index contributed by atoms with van der Waals surface area (Å²) in [5, 5.41) is 12.8. The van der Waals surface area contributed by atoms with E-state index in [1.54, 1.807) is 0 Å². The van der Waals surface area contributed by atoms with Gasteiger partial charge in [-0.05, 0) is 12.1 Å². The van der Waals surface area contributed by atoms with Crippen LogP contribution in [-0.2, 0) is 0 Å². The van der Waals surface area contributed by atoms with Gasteiger partial charge in [-0.25, -0.2) is 14.5 Å². The molecule has 1 aliphatic heterocycles. The van der Waals surface area contributed by atoms with E-state index in [2.05, 4.69) is 66.7 Å². The second-order valence-electron chi connectivity index (χ2n) is 10.4. The van der Waals surface area contributed by atoms with Crippen molar-refractivity contribution in [2.75, 3.05) is 0 Å². The average molecular weight is 583 g/mol. The van der Waals surface area contributed by atoms with Crippen molar-refractivity contribution >= 4 is 29.2 Å². The molecule has 44 heavy (non-hydrogen) atoms. The van der Waals surface area contributed by atoms with E-state index in [9.17, 15) is 5.26 Å². The van der Waals surface area contributed by atoms with Crippen molar-refractivity contribution in [1.29, 1.82) is 5.26 Å². The molecular weight excluding hydrogens is 555 g/mol. The molecule has 0 amide bonds. The minimum atomic E-state index is -2.78. The van der Waals surface area contributed by atoms with Gasteiger partial charge in [0.1, 0.15) is 18.8 Å². The van der Waals surface area contributed by atoms with Crippen LogP contribution >= 0.6 is 7.21 Å². The lowest BCUT2D eigenvalue weighted by atomic mass is 9.97. The largest absolute Gasteiger partial charge is 0.248 e. The van der Waals surface area contributed by atoms with E-state index in [4.69, 9.17) is 14.5 Å². The lowest BCUT2D eigenvalue weighted by Gasteiger charge is -2.28. The van der Waals surface area contributed by atoms with Gasteiger partial charge in [0.25, 0.3) is 0 Å². The van der Waals surface area contributed by atoms with Crippen molar-refractivity contribution in [1.82, 2.24) is 4.98 Å². The molecule has 6 aromatic rings. The van der Waals surface area contributed by atoms with E-state index in [0.717, 1.165) is 44.3 Å². The topological polar surface area (TPSA) is 61.4 Å². The first-order valence-electron chi connectivity index (χ1n) is 14.4. The predicted octanol–water partition coefficient (Wildman–Crippen LogP) is 8.92. The summed E-state index contributed by atoms with van der Waals surface area (Å²) in [6, 6.07) is 57.4. The van der Waals surface area contributed by atoms with Gasteiger partial charge in [-0.1, -0.05) is 152 Å². The van der Waals surface area contributed by atoms with Crippen LogP contribution < -0.4 is 10.6 Å². The summed E-state index contributed by atoms with van der Waals surface area (Å²) in [7, 11) is -2.78. The highest BCUT2D eigenvalue weighted by molar-refractivity contribution is 7.80. The van der Waals surface area contributed by atoms with E-state index >= 15 is 0 Å². The summed E-state index contributed by atoms with van der Waals surface area (Å²) >= 11 is 0. The molecule has 0 aliphatic carbocycles. The second-order valence-corrected chi connectivity index (χ2v) is 13.0. The highest BCUT2D eigenvalue weighted by Crippen LogP contribution is 2.55. The Hall–Kier alpha value is -5.62. The van der Waals surface area contributed by atoms with E-state index in [0.29, 0.717) is 17.0 Å². The maximum absolute atomic E-state index is 10.8. The van der Waals surface area contributed by atoms with Gasteiger partial charge >= 0.3 is 0 Å². The van der Waals surface area contributed by atoms with Crippen molar-refractivity contribution in [2.24, 2.45) is 9.51 Å². The molecule has 1 aromatic heterocycles. The van der Waals surface area contributed by atoms with Crippen LogP contribution in [0, 0.1) is 11.3 Å². The van der Waals surface area contributed by atoms with Crippen LogP contribution in [0.1, 0.15) is 11.1 Å². The van der Waals surface area contributed by atoms with Gasteiger partial charge in [-0.15, -0.1) is 0 Å². The number of benzene rings is 5. The normalized spacial score (nSPS) is 13.8. The number of rotatable bonds is 6. The fourth-order valence-corrected chi connectivity index (χ4v) is 8.45. The van der Waals surface area contributed by atoms with Crippen LogP contribution in [0.3, 0.4) is 0 Å². The van der Waals surface area contributed by atoms with Gasteiger partial charge in [0.05, 0.1) is 22.8 Å². The third kappa shape index (κ3) is 5.11. The molecule has 4 nitrogen and oxygen atoms in total. The lowest BCUT2D eigenvalue weighted by molar-refractivity contribution is 1.30. The van der Waals surface area contributed by atoms with E-state index in [-0.39, 0.29) is 0 Å². The average Bonchev–Trinajstić information content (AvgIpc) is 3.12. The Morgan fingerprint density at radius 3 is 1.32 bits per heavy atom. The molecule has 0 atom stereocenters. The van der Waals surface area contributed by atoms with E-state index in [1.165, 1.54) is 0 Å². The zero-order valence-electron chi connectivity index (χ0n) is 23.8. The minimum absolute atomic E-state index is 0.447. The molecule has 0 N–H and O–H groups in total. The molecule has 5 aromatic carbocycles. The third-order valence-corrected chi connectivity index (χ3v) is 10.6. The zero-order chi connectivity index (χ0) is 29.8. The first kappa shape index (κ1) is 27.2. The van der Waals surface area contributed by atoms with Gasteiger partial charge in [0.2, 0.25) is 0 Å². The second kappa shape index (κ2) is 11.9. The number of aromatic nitrogens is 1. The third-order valence-electron chi connectivity index (χ3n) is 7.59. The number of nitrogens with zero attached hydrogens (tertiary/aromatic N) is 4. The first-order valence-corrected chi connectivity index (χ1v) is 16.1. The molecule has 5 heteroatoms. The SMILES string of the molecule is N#CC1=C(c2cc(-c3ccccc3)nc(-c3ccccc3)c2)N=P(c2ccccc2)(c2ccccc2)N=C1c1ccccc1. The molecule has 0 spiro atoms. The Kier molecular flexibility index (Phi) is 7.39. The Balaban J connectivity index is 1.60. The number of hydrogen-bond donors (Lipinski definition) is 0. The Bertz CT molecular complexity index is 2000. The maximum Gasteiger partial charge on any atom is 0.137 e. The number of hydrogen-bond acceptors (Lipinski definition) is 4. The van der Waals surface area contributed by atoms with Crippen molar-refractivity contribution < 1.29 is 0 Å². The molecule has 0 fully saturated rings. The summed E-state index contributed by atoms with van der Waals surface area (Å²) in [5.41, 5.74) is 7.04. The standard InChI is InChI=1S/C39H27N4P/c40-28-35-38(31-20-10-3-11-21-31)42-44(33-22-12-4-13-23-33,34-24-14-5-15-25-34)43-39(35)32-26-36(29-16-6-1-7-17-29)41-37(27-32)30-18-8-2-9-19-30/h1-27H. The summed E-state index contributed by atoms with van der Waals surface area (Å²) in [6.45, 7) is 0. The molecule has 7 rings (SSSR count). The van der Waals surface area contributed by atoms with Crippen molar-refractivity contribution in [2.45, 2.75) is 0 Å². The first-order chi connectivity index (χ1) is 21.7. The van der Waals surface area contributed by atoms with E-state index in [1.807, 2.05) is 103 Å². The molecule has 0 saturated carbocycles. The predicted molar refractivity (Wildman–Crippen MR) is 182 cm³/mol. The van der Waals surface area contributed by atoms with Crippen LogP contribution in [0.5, 0.6) is 0 Å². The van der Waals surface area contributed by atoms with Gasteiger partial charge in [-0.2, -0.15) is 5.26 Å². The summed E-state index contributed by atoms with van der Waals surface area (Å²) in [6.07, 6.45) is 0. The fourth-order valence-electron chi connectivity index (χ4n) is 5.46. The molecule has 0 unspecified atom stereocenters. The van der Waals surface area contributed by atoms with Crippen LogP contribution in [0.15, 0.2) is 179 Å². The van der Waals surface area contributed by atoms with Crippen LogP contribution in [-0.4, -0.2) is 10.7 Å². The van der Waals surface area contributed by atoms with Crippen molar-refractivity contribution in [3.63, 3.8) is 0 Å². The van der Waals surface area contributed by atoms with E-state index < -0.39 is 7.21 Å². The van der Waals surface area contributed by atoms with Crippen molar-refractivity contribution in [3.8, 4) is 28.6 Å². The van der Waals surface area contributed by atoms with Gasteiger partial charge in [0, 0.05) is 32.9 Å². The number of pyridine rings is 1. The number of nitriles is 1. The minimum Gasteiger partial charge on any atom is -0.248 e. The zero-order valence-corrected chi connectivity index (χ0v) is 24.7. The molecule has 2 heterocycles. The lowest BCUT2D eigenvalue weighted by Crippen LogP contribution is -2.20. The van der Waals surface area contributed by atoms with Gasteiger partial charge < -0.3 is 0 Å². The van der Waals surface area contributed by atoms with Crippen LogP contribution in [0.4, 0.5) is 0 Å². The van der Waals surface area contributed by atoms with Crippen LogP contribution in [0.25, 0.3) is 28.2 Å². The molecule has 0 saturated heterocycles. The summed E-state index contributed by atoms with van der Waals surface area (Å²) < 4.78 is 11.1.